The van der Waals surface area contributed by atoms with E-state index in [0.29, 0.717) is 15.8 Å². The molecule has 0 radical (unpaired) electrons. The monoisotopic (exact) mass is 300 g/mol. The van der Waals surface area contributed by atoms with Gasteiger partial charge < -0.3 is 15.8 Å². The van der Waals surface area contributed by atoms with E-state index in [1.165, 1.54) is 14.0 Å². The number of nitrogens with two attached hydrogens (primary N) is 1. The molecule has 0 aliphatic carbocycles. The first-order valence-corrected chi connectivity index (χ1v) is 5.68. The Kier molecular flexibility index (Phi) is 4.51. The van der Waals surface area contributed by atoms with Gasteiger partial charge in [-0.15, -0.1) is 0 Å². The molecule has 1 atom stereocenters. The van der Waals surface area contributed by atoms with Crippen LogP contribution in [0.5, 0.6) is 5.75 Å². The van der Waals surface area contributed by atoms with Crippen molar-refractivity contribution in [1.29, 1.82) is 0 Å². The molecule has 0 aromatic heterocycles. The fourth-order valence-electron chi connectivity index (χ4n) is 1.15. The SMILES string of the molecule is COc1ccc(Br)c(C(=O)N[C@@H](C)C(N)=O)c1. The molecule has 1 aromatic carbocycles. The maximum absolute atomic E-state index is 11.8. The van der Waals surface area contributed by atoms with Crippen molar-refractivity contribution in [2.24, 2.45) is 5.73 Å². The molecule has 92 valence electrons. The Morgan fingerprint density at radius 3 is 2.65 bits per heavy atom. The fraction of sp³-hybridized carbons (Fsp3) is 0.273. The van der Waals surface area contributed by atoms with Crippen LogP contribution in [0.4, 0.5) is 0 Å². The number of hydrogen-bond donors (Lipinski definition) is 2. The number of ether oxygens (including phenoxy) is 1. The number of halogens is 1. The summed E-state index contributed by atoms with van der Waals surface area (Å²) in [6, 6.07) is 4.27. The van der Waals surface area contributed by atoms with Gasteiger partial charge >= 0.3 is 0 Å². The minimum absolute atomic E-state index is 0.387. The summed E-state index contributed by atoms with van der Waals surface area (Å²) in [4.78, 5) is 22.7. The molecular formula is C11H13BrN2O3. The summed E-state index contributed by atoms with van der Waals surface area (Å²) in [5.74, 6) is -0.412. The van der Waals surface area contributed by atoms with E-state index >= 15 is 0 Å². The van der Waals surface area contributed by atoms with Crippen molar-refractivity contribution in [3.05, 3.63) is 28.2 Å². The molecule has 0 aliphatic heterocycles. The summed E-state index contributed by atoms with van der Waals surface area (Å²) in [5, 5.41) is 2.49. The van der Waals surface area contributed by atoms with Crippen LogP contribution in [0, 0.1) is 0 Å². The van der Waals surface area contributed by atoms with E-state index in [1.54, 1.807) is 18.2 Å². The van der Waals surface area contributed by atoms with Crippen LogP contribution in [0.15, 0.2) is 22.7 Å². The van der Waals surface area contributed by atoms with Gasteiger partial charge in [-0.1, -0.05) is 0 Å². The summed E-state index contributed by atoms with van der Waals surface area (Å²) in [5.41, 5.74) is 5.45. The molecule has 17 heavy (non-hydrogen) atoms. The van der Waals surface area contributed by atoms with Gasteiger partial charge in [0.05, 0.1) is 12.7 Å². The zero-order chi connectivity index (χ0) is 13.0. The van der Waals surface area contributed by atoms with E-state index in [-0.39, 0.29) is 5.91 Å². The van der Waals surface area contributed by atoms with Gasteiger partial charge in [0.15, 0.2) is 0 Å². The Balaban J connectivity index is 2.91. The van der Waals surface area contributed by atoms with Crippen LogP contribution in [0.1, 0.15) is 17.3 Å². The Morgan fingerprint density at radius 2 is 2.12 bits per heavy atom. The number of primary amides is 1. The highest BCUT2D eigenvalue weighted by molar-refractivity contribution is 9.10. The van der Waals surface area contributed by atoms with Crippen molar-refractivity contribution in [2.75, 3.05) is 7.11 Å². The molecular weight excluding hydrogens is 288 g/mol. The van der Waals surface area contributed by atoms with Gasteiger partial charge in [-0.25, -0.2) is 0 Å². The Hall–Kier alpha value is -1.56. The van der Waals surface area contributed by atoms with Gasteiger partial charge in [-0.2, -0.15) is 0 Å². The van der Waals surface area contributed by atoms with E-state index in [1.807, 2.05) is 0 Å². The van der Waals surface area contributed by atoms with Gasteiger partial charge in [0, 0.05) is 4.47 Å². The molecule has 1 aromatic rings. The zero-order valence-corrected chi connectivity index (χ0v) is 11.1. The maximum atomic E-state index is 11.8. The van der Waals surface area contributed by atoms with Gasteiger partial charge in [-0.3, -0.25) is 9.59 Å². The lowest BCUT2D eigenvalue weighted by Crippen LogP contribution is -2.42. The van der Waals surface area contributed by atoms with Crippen molar-refractivity contribution in [2.45, 2.75) is 13.0 Å². The van der Waals surface area contributed by atoms with Crippen molar-refractivity contribution >= 4 is 27.7 Å². The fourth-order valence-corrected chi connectivity index (χ4v) is 1.58. The molecule has 1 rings (SSSR count). The number of carbonyl (C=O) groups excluding carboxylic acids is 2. The van der Waals surface area contributed by atoms with Crippen LogP contribution >= 0.6 is 15.9 Å². The smallest absolute Gasteiger partial charge is 0.253 e. The molecule has 0 heterocycles. The van der Waals surface area contributed by atoms with E-state index in [2.05, 4.69) is 21.2 Å². The van der Waals surface area contributed by atoms with Crippen molar-refractivity contribution in [3.8, 4) is 5.75 Å². The molecule has 0 aliphatic rings. The summed E-state index contributed by atoms with van der Waals surface area (Å²) in [6.07, 6.45) is 0. The third kappa shape index (κ3) is 3.45. The van der Waals surface area contributed by atoms with Crippen LogP contribution in [0.25, 0.3) is 0 Å². The predicted octanol–water partition coefficient (Wildman–Crippen LogP) is 1.06. The molecule has 3 N–H and O–H groups in total. The summed E-state index contributed by atoms with van der Waals surface area (Å²) in [7, 11) is 1.51. The van der Waals surface area contributed by atoms with Crippen molar-refractivity contribution < 1.29 is 14.3 Å². The van der Waals surface area contributed by atoms with Gasteiger partial charge in [-0.05, 0) is 41.1 Å². The Morgan fingerprint density at radius 1 is 1.47 bits per heavy atom. The average Bonchev–Trinajstić information content (AvgIpc) is 2.29. The molecule has 0 saturated heterocycles. The standard InChI is InChI=1S/C11H13BrN2O3/c1-6(10(13)15)14-11(16)8-5-7(17-2)3-4-9(8)12/h3-6H,1-2H3,(H2,13,15)(H,14,16)/t6-/m0/s1. The number of methoxy groups -OCH3 is 1. The molecule has 0 spiro atoms. The second kappa shape index (κ2) is 5.67. The first kappa shape index (κ1) is 13.5. The van der Waals surface area contributed by atoms with Gasteiger partial charge in [0.2, 0.25) is 5.91 Å². The maximum Gasteiger partial charge on any atom is 0.253 e. The van der Waals surface area contributed by atoms with E-state index in [9.17, 15) is 9.59 Å². The van der Waals surface area contributed by atoms with Gasteiger partial charge in [0.25, 0.3) is 5.91 Å². The van der Waals surface area contributed by atoms with E-state index in [0.717, 1.165) is 0 Å². The van der Waals surface area contributed by atoms with Crippen LogP contribution < -0.4 is 15.8 Å². The molecule has 2 amide bonds. The number of rotatable bonds is 4. The number of amides is 2. The van der Waals surface area contributed by atoms with Crippen LogP contribution in [-0.2, 0) is 4.79 Å². The number of carbonyl (C=O) groups is 2. The average molecular weight is 301 g/mol. The number of nitrogens with one attached hydrogen (secondary N) is 1. The first-order chi connectivity index (χ1) is 7.95. The minimum Gasteiger partial charge on any atom is -0.497 e. The third-order valence-corrected chi connectivity index (χ3v) is 2.88. The van der Waals surface area contributed by atoms with E-state index in [4.69, 9.17) is 10.5 Å². The Bertz CT molecular complexity index is 448. The first-order valence-electron chi connectivity index (χ1n) is 4.89. The van der Waals surface area contributed by atoms with E-state index < -0.39 is 11.9 Å². The lowest BCUT2D eigenvalue weighted by Gasteiger charge is -2.11. The zero-order valence-electron chi connectivity index (χ0n) is 9.49. The molecule has 0 unspecified atom stereocenters. The summed E-state index contributed by atoms with van der Waals surface area (Å²) < 4.78 is 5.64. The molecule has 6 heteroatoms. The second-order valence-corrected chi connectivity index (χ2v) is 4.30. The molecule has 5 nitrogen and oxygen atoms in total. The highest BCUT2D eigenvalue weighted by Crippen LogP contribution is 2.22. The topological polar surface area (TPSA) is 81.4 Å². The molecule has 0 bridgehead atoms. The normalized spacial score (nSPS) is 11.7. The number of hydrogen-bond acceptors (Lipinski definition) is 3. The quantitative estimate of drug-likeness (QED) is 0.872. The summed E-state index contributed by atoms with van der Waals surface area (Å²) in [6.45, 7) is 1.52. The van der Waals surface area contributed by atoms with Crippen LogP contribution in [0.3, 0.4) is 0 Å². The lowest BCUT2D eigenvalue weighted by molar-refractivity contribution is -0.119. The molecule has 0 saturated carbocycles. The van der Waals surface area contributed by atoms with Crippen LogP contribution in [0.2, 0.25) is 0 Å². The molecule has 0 fully saturated rings. The predicted molar refractivity (Wildman–Crippen MR) is 66.8 cm³/mol. The van der Waals surface area contributed by atoms with Gasteiger partial charge in [0.1, 0.15) is 11.8 Å². The largest absolute Gasteiger partial charge is 0.497 e. The third-order valence-electron chi connectivity index (χ3n) is 2.19. The Labute approximate surface area is 107 Å². The second-order valence-electron chi connectivity index (χ2n) is 3.44. The van der Waals surface area contributed by atoms with Crippen molar-refractivity contribution in [1.82, 2.24) is 5.32 Å². The summed E-state index contributed by atoms with van der Waals surface area (Å²) >= 11 is 3.25. The minimum atomic E-state index is -0.722. The van der Waals surface area contributed by atoms with Crippen LogP contribution in [-0.4, -0.2) is 25.0 Å². The lowest BCUT2D eigenvalue weighted by atomic mass is 10.2. The van der Waals surface area contributed by atoms with Crippen molar-refractivity contribution in [3.63, 3.8) is 0 Å². The highest BCUT2D eigenvalue weighted by Gasteiger charge is 2.16. The highest BCUT2D eigenvalue weighted by atomic mass is 79.9. The number of benzene rings is 1.